The highest BCUT2D eigenvalue weighted by Gasteiger charge is 2.36. The Hall–Kier alpha value is -1.14. The van der Waals surface area contributed by atoms with E-state index >= 15 is 0 Å². The van der Waals surface area contributed by atoms with Crippen LogP contribution in [0.2, 0.25) is 0 Å². The van der Waals surface area contributed by atoms with Gasteiger partial charge in [0, 0.05) is 14.2 Å². The number of methoxy groups -OCH3 is 1. The number of rotatable bonds is 11. The van der Waals surface area contributed by atoms with Crippen molar-refractivity contribution in [2.75, 3.05) is 14.2 Å². The van der Waals surface area contributed by atoms with Crippen molar-refractivity contribution in [1.29, 1.82) is 0 Å². The third-order valence-corrected chi connectivity index (χ3v) is 5.32. The Morgan fingerprint density at radius 2 is 1.69 bits per heavy atom. The second-order valence-corrected chi connectivity index (χ2v) is 8.16. The molecule has 0 heterocycles. The van der Waals surface area contributed by atoms with Gasteiger partial charge in [0.1, 0.15) is 5.60 Å². The van der Waals surface area contributed by atoms with E-state index in [9.17, 15) is 9.59 Å². The van der Waals surface area contributed by atoms with Crippen molar-refractivity contribution in [3.05, 3.63) is 0 Å². The molecule has 0 aliphatic heterocycles. The van der Waals surface area contributed by atoms with Crippen LogP contribution in [0.15, 0.2) is 0 Å². The fourth-order valence-electron chi connectivity index (χ4n) is 2.84. The minimum Gasteiger partial charge on any atom is -0.460 e. The summed E-state index contributed by atoms with van der Waals surface area (Å²) >= 11 is 0. The molecule has 1 unspecified atom stereocenters. The van der Waals surface area contributed by atoms with E-state index in [0.717, 1.165) is 12.8 Å². The van der Waals surface area contributed by atoms with E-state index in [2.05, 4.69) is 13.8 Å². The third-order valence-electron chi connectivity index (χ3n) is 5.32. The maximum atomic E-state index is 12.8. The highest BCUT2D eigenvalue weighted by molar-refractivity contribution is 5.82. The summed E-state index contributed by atoms with van der Waals surface area (Å²) in [7, 11) is 3.31. The lowest BCUT2D eigenvalue weighted by Crippen LogP contribution is -2.55. The molecule has 2 N–H and O–H groups in total. The first kappa shape index (κ1) is 24.9. The number of nitrogens with two attached hydrogens (primary N) is 1. The van der Waals surface area contributed by atoms with Crippen LogP contribution < -0.4 is 5.73 Å². The molecule has 6 nitrogen and oxygen atoms in total. The molecule has 4 atom stereocenters. The van der Waals surface area contributed by atoms with Crippen LogP contribution in [0.25, 0.3) is 0 Å². The van der Waals surface area contributed by atoms with Crippen molar-refractivity contribution in [3.8, 4) is 0 Å². The van der Waals surface area contributed by atoms with Gasteiger partial charge in [0.05, 0.1) is 24.6 Å². The Bertz CT molecular complexity index is 451. The number of nitrogens with zero attached hydrogens (tertiary/aromatic N) is 1. The summed E-state index contributed by atoms with van der Waals surface area (Å²) in [6, 6.07) is -0.824. The van der Waals surface area contributed by atoms with E-state index in [-0.39, 0.29) is 36.2 Å². The van der Waals surface area contributed by atoms with Gasteiger partial charge in [0.15, 0.2) is 0 Å². The van der Waals surface area contributed by atoms with Gasteiger partial charge in [0.25, 0.3) is 0 Å². The summed E-state index contributed by atoms with van der Waals surface area (Å²) in [6.07, 6.45) is 1.24. The lowest BCUT2D eigenvalue weighted by Gasteiger charge is -2.39. The molecule has 0 saturated heterocycles. The molecular weight excluding hydrogens is 332 g/mol. The number of likely N-dealkylation sites (N-methyl/N-ethyl adjacent to an activating group) is 1. The number of amides is 1. The molecule has 0 saturated carbocycles. The van der Waals surface area contributed by atoms with Crippen LogP contribution in [0, 0.1) is 11.8 Å². The molecule has 0 fully saturated rings. The van der Waals surface area contributed by atoms with Crippen molar-refractivity contribution in [3.63, 3.8) is 0 Å². The molecule has 0 aliphatic carbocycles. The predicted octanol–water partition coefficient (Wildman–Crippen LogP) is 2.98. The molecule has 0 aromatic heterocycles. The van der Waals surface area contributed by atoms with Gasteiger partial charge in [-0.1, -0.05) is 41.0 Å². The standard InChI is InChI=1S/C20H40N2O4/c1-10-14(5)18(22(8)19(24)17(21)13(3)4)15(25-9)12-16(23)26-20(6,7)11-2/h13-15,17-18H,10-12,21H2,1-9H3/t14-,15+,17-,18?/m0/s1. The monoisotopic (exact) mass is 372 g/mol. The molecule has 0 aromatic carbocycles. The molecule has 0 rings (SSSR count). The quantitative estimate of drug-likeness (QED) is 0.564. The number of ether oxygens (including phenoxy) is 2. The van der Waals surface area contributed by atoms with Gasteiger partial charge >= 0.3 is 5.97 Å². The van der Waals surface area contributed by atoms with Crippen molar-refractivity contribution in [1.82, 2.24) is 4.90 Å². The minimum atomic E-state index is -0.574. The smallest absolute Gasteiger partial charge is 0.309 e. The van der Waals surface area contributed by atoms with Crippen LogP contribution in [0.5, 0.6) is 0 Å². The number of hydrogen-bond donors (Lipinski definition) is 1. The van der Waals surface area contributed by atoms with E-state index in [1.54, 1.807) is 19.1 Å². The Labute approximate surface area is 159 Å². The number of carbonyl (C=O) groups is 2. The van der Waals surface area contributed by atoms with Gasteiger partial charge in [-0.2, -0.15) is 0 Å². The van der Waals surface area contributed by atoms with Gasteiger partial charge < -0.3 is 20.1 Å². The summed E-state index contributed by atoms with van der Waals surface area (Å²) in [5.41, 5.74) is 5.55. The Balaban J connectivity index is 5.41. The summed E-state index contributed by atoms with van der Waals surface area (Å²) < 4.78 is 11.2. The summed E-state index contributed by atoms with van der Waals surface area (Å²) in [6.45, 7) is 13.7. The fraction of sp³-hybridized carbons (Fsp3) is 0.900. The zero-order valence-corrected chi connectivity index (χ0v) is 18.2. The first-order valence-corrected chi connectivity index (χ1v) is 9.68. The number of hydrogen-bond acceptors (Lipinski definition) is 5. The van der Waals surface area contributed by atoms with Gasteiger partial charge in [-0.25, -0.2) is 0 Å². The van der Waals surface area contributed by atoms with E-state index in [0.29, 0.717) is 0 Å². The van der Waals surface area contributed by atoms with Crippen molar-refractivity contribution in [2.24, 2.45) is 17.6 Å². The van der Waals surface area contributed by atoms with Gasteiger partial charge in [-0.3, -0.25) is 9.59 Å². The lowest BCUT2D eigenvalue weighted by molar-refractivity contribution is -0.162. The van der Waals surface area contributed by atoms with Gasteiger partial charge in [-0.15, -0.1) is 0 Å². The molecule has 0 bridgehead atoms. The van der Waals surface area contributed by atoms with Crippen LogP contribution in [0.4, 0.5) is 0 Å². The first-order chi connectivity index (χ1) is 11.9. The highest BCUT2D eigenvalue weighted by Crippen LogP contribution is 2.24. The molecule has 1 amide bonds. The zero-order valence-electron chi connectivity index (χ0n) is 18.2. The van der Waals surface area contributed by atoms with E-state index in [1.807, 2.05) is 34.6 Å². The minimum absolute atomic E-state index is 0.0406. The SMILES string of the molecule is CC[C@H](C)C([C@@H](CC(=O)OC(C)(C)CC)OC)N(C)C(=O)[C@@H](N)C(C)C. The topological polar surface area (TPSA) is 81.9 Å². The van der Waals surface area contributed by atoms with Gasteiger partial charge in [-0.05, 0) is 32.1 Å². The van der Waals surface area contributed by atoms with E-state index < -0.39 is 17.7 Å². The average Bonchev–Trinajstić information content (AvgIpc) is 2.58. The number of esters is 1. The largest absolute Gasteiger partial charge is 0.460 e. The molecule has 154 valence electrons. The summed E-state index contributed by atoms with van der Waals surface area (Å²) in [5, 5.41) is 0. The van der Waals surface area contributed by atoms with E-state index in [1.165, 1.54) is 0 Å². The van der Waals surface area contributed by atoms with Gasteiger partial charge in [0.2, 0.25) is 5.91 Å². The van der Waals surface area contributed by atoms with Crippen LogP contribution >= 0.6 is 0 Å². The molecule has 26 heavy (non-hydrogen) atoms. The van der Waals surface area contributed by atoms with Crippen LogP contribution in [-0.4, -0.2) is 54.7 Å². The normalized spacial score (nSPS) is 16.7. The molecule has 0 radical (unpaired) electrons. The van der Waals surface area contributed by atoms with Crippen molar-refractivity contribution in [2.45, 2.75) is 91.5 Å². The lowest BCUT2D eigenvalue weighted by atomic mass is 9.90. The zero-order chi connectivity index (χ0) is 20.7. The molecular formula is C20H40N2O4. The molecule has 6 heteroatoms. The average molecular weight is 373 g/mol. The van der Waals surface area contributed by atoms with E-state index in [4.69, 9.17) is 15.2 Å². The molecule has 0 spiro atoms. The fourth-order valence-corrected chi connectivity index (χ4v) is 2.84. The number of carbonyl (C=O) groups excluding carboxylic acids is 2. The van der Waals surface area contributed by atoms with Crippen molar-refractivity contribution < 1.29 is 19.1 Å². The second-order valence-electron chi connectivity index (χ2n) is 8.16. The molecule has 0 aliphatic rings. The highest BCUT2D eigenvalue weighted by atomic mass is 16.6. The Kier molecular flexibility index (Phi) is 10.4. The van der Waals surface area contributed by atoms with Crippen molar-refractivity contribution >= 4 is 11.9 Å². The van der Waals surface area contributed by atoms with Crippen LogP contribution in [0.3, 0.4) is 0 Å². The summed E-state index contributed by atoms with van der Waals surface area (Å²) in [4.78, 5) is 26.8. The summed E-state index contributed by atoms with van der Waals surface area (Å²) in [5.74, 6) is -0.250. The predicted molar refractivity (Wildman–Crippen MR) is 105 cm³/mol. The van der Waals surface area contributed by atoms with Crippen LogP contribution in [-0.2, 0) is 19.1 Å². The third kappa shape index (κ3) is 7.23. The first-order valence-electron chi connectivity index (χ1n) is 9.68. The Morgan fingerprint density at radius 1 is 1.15 bits per heavy atom. The molecule has 0 aromatic rings. The Morgan fingerprint density at radius 3 is 2.08 bits per heavy atom. The van der Waals surface area contributed by atoms with Crippen LogP contribution in [0.1, 0.15) is 67.7 Å². The maximum Gasteiger partial charge on any atom is 0.309 e. The maximum absolute atomic E-state index is 12.8. The second kappa shape index (κ2) is 10.9.